The average Bonchev–Trinajstić information content (AvgIpc) is 2.48. The Morgan fingerprint density at radius 3 is 3.25 bits per heavy atom. The van der Waals surface area contributed by atoms with Crippen molar-refractivity contribution in [1.29, 1.82) is 0 Å². The Bertz CT molecular complexity index is 214. The quantitative estimate of drug-likeness (QED) is 0.720. The molecule has 1 N–H and O–H groups in total. The van der Waals surface area contributed by atoms with Gasteiger partial charge in [0.25, 0.3) is 0 Å². The van der Waals surface area contributed by atoms with Crippen LogP contribution in [0.15, 0.2) is 6.20 Å². The van der Waals surface area contributed by atoms with Gasteiger partial charge in [-0.25, -0.2) is 0 Å². The van der Waals surface area contributed by atoms with Gasteiger partial charge in [-0.1, -0.05) is 17.3 Å². The molecule has 0 aliphatic carbocycles. The number of nitrogens with one attached hydrogen (secondary N) is 1. The molecule has 1 aliphatic heterocycles. The van der Waals surface area contributed by atoms with E-state index in [1.807, 2.05) is 6.20 Å². The lowest BCUT2D eigenvalue weighted by atomic mass is 10.1. The summed E-state index contributed by atoms with van der Waals surface area (Å²) < 4.78 is 3.88. The molecule has 1 atom stereocenters. The third-order valence-electron chi connectivity index (χ3n) is 2.28. The van der Waals surface area contributed by atoms with Crippen LogP contribution < -0.4 is 5.32 Å². The van der Waals surface area contributed by atoms with Gasteiger partial charge in [-0.05, 0) is 30.9 Å². The van der Waals surface area contributed by atoms with Crippen LogP contribution in [0, 0.1) is 0 Å². The van der Waals surface area contributed by atoms with Crippen molar-refractivity contribution >= 4 is 11.5 Å². The van der Waals surface area contributed by atoms with Crippen LogP contribution in [0.25, 0.3) is 0 Å². The van der Waals surface area contributed by atoms with Crippen molar-refractivity contribution < 1.29 is 0 Å². The second-order valence-corrected chi connectivity index (χ2v) is 3.99. The van der Waals surface area contributed by atoms with Crippen LogP contribution in [0.5, 0.6) is 0 Å². The van der Waals surface area contributed by atoms with Gasteiger partial charge in [-0.15, -0.1) is 5.10 Å². The van der Waals surface area contributed by atoms with Crippen LogP contribution in [0.2, 0.25) is 0 Å². The summed E-state index contributed by atoms with van der Waals surface area (Å²) in [5.74, 6) is 0. The largest absolute Gasteiger partial charge is 0.309 e. The summed E-state index contributed by atoms with van der Waals surface area (Å²) >= 11 is 1.52. The highest BCUT2D eigenvalue weighted by molar-refractivity contribution is 7.05. The van der Waals surface area contributed by atoms with Gasteiger partial charge in [0, 0.05) is 6.04 Å². The number of nitrogens with zero attached hydrogens (tertiary/aromatic N) is 2. The van der Waals surface area contributed by atoms with Gasteiger partial charge < -0.3 is 5.32 Å². The number of aromatic nitrogens is 2. The Kier molecular flexibility index (Phi) is 2.68. The zero-order valence-corrected chi connectivity index (χ0v) is 7.81. The first kappa shape index (κ1) is 8.13. The molecule has 1 fully saturated rings. The summed E-state index contributed by atoms with van der Waals surface area (Å²) in [4.78, 5) is 1.29. The second kappa shape index (κ2) is 3.96. The molecule has 0 spiro atoms. The van der Waals surface area contributed by atoms with Crippen LogP contribution in [0.3, 0.4) is 0 Å². The lowest BCUT2D eigenvalue weighted by Crippen LogP contribution is -2.19. The van der Waals surface area contributed by atoms with E-state index in [4.69, 9.17) is 0 Å². The lowest BCUT2D eigenvalue weighted by Gasteiger charge is -2.11. The Morgan fingerprint density at radius 2 is 2.42 bits per heavy atom. The van der Waals surface area contributed by atoms with Crippen LogP contribution >= 0.6 is 11.5 Å². The van der Waals surface area contributed by atoms with Gasteiger partial charge in [0.1, 0.15) is 0 Å². The van der Waals surface area contributed by atoms with Gasteiger partial charge >= 0.3 is 0 Å². The van der Waals surface area contributed by atoms with E-state index < -0.39 is 0 Å². The molecule has 1 unspecified atom stereocenters. The summed E-state index contributed by atoms with van der Waals surface area (Å²) in [6.07, 6.45) is 7.12. The molecule has 2 heterocycles. The molecule has 66 valence electrons. The van der Waals surface area contributed by atoms with Gasteiger partial charge in [-0.3, -0.25) is 0 Å². The molecule has 1 aromatic heterocycles. The van der Waals surface area contributed by atoms with E-state index in [0.29, 0.717) is 6.04 Å². The van der Waals surface area contributed by atoms with E-state index >= 15 is 0 Å². The maximum atomic E-state index is 3.88. The van der Waals surface area contributed by atoms with Gasteiger partial charge in [-0.2, -0.15) is 0 Å². The number of hydrogen-bond donors (Lipinski definition) is 1. The minimum Gasteiger partial charge on any atom is -0.309 e. The van der Waals surface area contributed by atoms with Crippen LogP contribution in [-0.2, 0) is 0 Å². The molecule has 12 heavy (non-hydrogen) atoms. The van der Waals surface area contributed by atoms with Crippen molar-refractivity contribution in [3.05, 3.63) is 11.1 Å². The Balaban J connectivity index is 2.02. The topological polar surface area (TPSA) is 37.8 Å². The molecule has 0 radical (unpaired) electrons. The minimum atomic E-state index is 0.521. The molecule has 0 amide bonds. The third-order valence-corrected chi connectivity index (χ3v) is 3.06. The Hall–Kier alpha value is -0.480. The maximum absolute atomic E-state index is 3.88. The van der Waals surface area contributed by atoms with Crippen molar-refractivity contribution in [2.24, 2.45) is 0 Å². The number of hydrogen-bond acceptors (Lipinski definition) is 4. The van der Waals surface area contributed by atoms with Gasteiger partial charge in [0.05, 0.1) is 11.1 Å². The summed E-state index contributed by atoms with van der Waals surface area (Å²) in [6.45, 7) is 1.14. The maximum Gasteiger partial charge on any atom is 0.0669 e. The first-order chi connectivity index (χ1) is 5.97. The van der Waals surface area contributed by atoms with E-state index in [1.165, 1.54) is 42.1 Å². The van der Waals surface area contributed by atoms with E-state index in [9.17, 15) is 0 Å². The molecule has 3 nitrogen and oxygen atoms in total. The zero-order valence-electron chi connectivity index (χ0n) is 6.99. The van der Waals surface area contributed by atoms with Gasteiger partial charge in [0.15, 0.2) is 0 Å². The van der Waals surface area contributed by atoms with Crippen molar-refractivity contribution in [1.82, 2.24) is 14.9 Å². The normalized spacial score (nSPS) is 25.2. The average molecular weight is 183 g/mol. The first-order valence-electron chi connectivity index (χ1n) is 4.47. The highest BCUT2D eigenvalue weighted by atomic mass is 32.1. The predicted octanol–water partition coefficient (Wildman–Crippen LogP) is 1.74. The summed E-state index contributed by atoms with van der Waals surface area (Å²) in [7, 11) is 0. The molecule has 0 saturated carbocycles. The van der Waals surface area contributed by atoms with Crippen molar-refractivity contribution in [3.63, 3.8) is 0 Å². The number of rotatable bonds is 1. The van der Waals surface area contributed by atoms with Crippen LogP contribution in [0.1, 0.15) is 36.6 Å². The predicted molar refractivity (Wildman–Crippen MR) is 49.1 cm³/mol. The van der Waals surface area contributed by atoms with E-state index in [0.717, 1.165) is 6.54 Å². The summed E-state index contributed by atoms with van der Waals surface area (Å²) in [5, 5.41) is 7.37. The molecule has 1 aliphatic rings. The highest BCUT2D eigenvalue weighted by Crippen LogP contribution is 2.23. The van der Waals surface area contributed by atoms with Crippen molar-refractivity contribution in [2.75, 3.05) is 6.54 Å². The summed E-state index contributed by atoms with van der Waals surface area (Å²) in [6, 6.07) is 0.521. The van der Waals surface area contributed by atoms with E-state index in [2.05, 4.69) is 14.9 Å². The summed E-state index contributed by atoms with van der Waals surface area (Å²) in [5.41, 5.74) is 0. The van der Waals surface area contributed by atoms with Crippen molar-refractivity contribution in [3.8, 4) is 0 Å². The fourth-order valence-corrected chi connectivity index (χ4v) is 2.21. The van der Waals surface area contributed by atoms with E-state index in [-0.39, 0.29) is 0 Å². The SMILES string of the molecule is c1nnsc1C1CCCCCN1. The Morgan fingerprint density at radius 1 is 1.42 bits per heavy atom. The zero-order chi connectivity index (χ0) is 8.23. The molecular formula is C8H13N3S. The molecule has 2 rings (SSSR count). The second-order valence-electron chi connectivity index (χ2n) is 3.18. The monoisotopic (exact) mass is 183 g/mol. The smallest absolute Gasteiger partial charge is 0.0669 e. The fraction of sp³-hybridized carbons (Fsp3) is 0.750. The van der Waals surface area contributed by atoms with E-state index in [1.54, 1.807) is 0 Å². The molecule has 4 heteroatoms. The van der Waals surface area contributed by atoms with Crippen LogP contribution in [-0.4, -0.2) is 16.1 Å². The highest BCUT2D eigenvalue weighted by Gasteiger charge is 2.14. The first-order valence-corrected chi connectivity index (χ1v) is 5.25. The fourth-order valence-electron chi connectivity index (χ4n) is 1.60. The Labute approximate surface area is 76.4 Å². The van der Waals surface area contributed by atoms with Gasteiger partial charge in [0.2, 0.25) is 0 Å². The molecular weight excluding hydrogens is 170 g/mol. The molecule has 0 aromatic carbocycles. The molecule has 0 bridgehead atoms. The molecule has 1 aromatic rings. The van der Waals surface area contributed by atoms with Crippen molar-refractivity contribution in [2.45, 2.75) is 31.7 Å². The lowest BCUT2D eigenvalue weighted by molar-refractivity contribution is 0.542. The molecule has 1 saturated heterocycles. The minimum absolute atomic E-state index is 0.521. The standard InChI is InChI=1S/C8H13N3S/c1-2-4-7(9-5-3-1)8-6-10-11-12-8/h6-7,9H,1-5H2. The third kappa shape index (κ3) is 1.81. The van der Waals surface area contributed by atoms with Crippen LogP contribution in [0.4, 0.5) is 0 Å².